The fourth-order valence-corrected chi connectivity index (χ4v) is 2.39. The van der Waals surface area contributed by atoms with Crippen LogP contribution in [0.1, 0.15) is 12.5 Å². The van der Waals surface area contributed by atoms with Gasteiger partial charge in [-0.2, -0.15) is 0 Å². The topological polar surface area (TPSA) is 76.4 Å². The lowest BCUT2D eigenvalue weighted by atomic mass is 10.2. The van der Waals surface area contributed by atoms with Gasteiger partial charge in [-0.15, -0.1) is 0 Å². The van der Waals surface area contributed by atoms with E-state index < -0.39 is 4.92 Å². The summed E-state index contributed by atoms with van der Waals surface area (Å²) in [6, 6.07) is 12.4. The van der Waals surface area contributed by atoms with E-state index in [4.69, 9.17) is 16.3 Å². The molecule has 0 bridgehead atoms. The summed E-state index contributed by atoms with van der Waals surface area (Å²) in [7, 11) is 0. The molecule has 0 spiro atoms. The predicted octanol–water partition coefficient (Wildman–Crippen LogP) is 3.85. The first-order valence-corrected chi connectivity index (χ1v) is 8.08. The molecule has 0 radical (unpaired) electrons. The van der Waals surface area contributed by atoms with Crippen molar-refractivity contribution in [3.8, 4) is 5.75 Å². The lowest BCUT2D eigenvalue weighted by molar-refractivity contribution is -0.384. The van der Waals surface area contributed by atoms with E-state index in [1.54, 1.807) is 6.07 Å². The number of nitrogens with one attached hydrogen (secondary N) is 2. The van der Waals surface area contributed by atoms with Crippen LogP contribution >= 0.6 is 11.6 Å². The van der Waals surface area contributed by atoms with Gasteiger partial charge < -0.3 is 15.4 Å². The first kappa shape index (κ1) is 18.0. The first-order valence-electron chi connectivity index (χ1n) is 7.70. The zero-order chi connectivity index (χ0) is 17.4. The highest BCUT2D eigenvalue weighted by Crippen LogP contribution is 2.26. The molecule has 0 saturated heterocycles. The lowest BCUT2D eigenvalue weighted by Crippen LogP contribution is -2.21. The third kappa shape index (κ3) is 5.40. The number of rotatable bonds is 9. The van der Waals surface area contributed by atoms with Crippen LogP contribution in [-0.2, 0) is 6.54 Å². The van der Waals surface area contributed by atoms with Crippen molar-refractivity contribution in [3.05, 3.63) is 63.2 Å². The van der Waals surface area contributed by atoms with Crippen LogP contribution in [0.15, 0.2) is 42.5 Å². The monoisotopic (exact) mass is 349 g/mol. The molecule has 2 aromatic carbocycles. The molecule has 128 valence electrons. The standard InChI is InChI=1S/C17H20ClN3O3/c1-2-24-15-6-3-13(4-7-15)12-19-9-10-20-17-8-5-14(21(22)23)11-16(17)18/h3-8,11,19-20H,2,9-10,12H2,1H3. The average molecular weight is 350 g/mol. The molecule has 0 atom stereocenters. The van der Waals surface area contributed by atoms with Crippen LogP contribution in [0.5, 0.6) is 5.75 Å². The minimum atomic E-state index is -0.464. The number of non-ortho nitro benzene ring substituents is 1. The van der Waals surface area contributed by atoms with Gasteiger partial charge in [0.2, 0.25) is 0 Å². The fourth-order valence-electron chi connectivity index (χ4n) is 2.15. The summed E-state index contributed by atoms with van der Waals surface area (Å²) in [6.07, 6.45) is 0. The molecule has 0 unspecified atom stereocenters. The Morgan fingerprint density at radius 3 is 2.54 bits per heavy atom. The van der Waals surface area contributed by atoms with Crippen LogP contribution in [0, 0.1) is 10.1 Å². The minimum absolute atomic E-state index is 0.0147. The zero-order valence-corrected chi connectivity index (χ0v) is 14.2. The third-order valence-electron chi connectivity index (χ3n) is 3.34. The minimum Gasteiger partial charge on any atom is -0.494 e. The van der Waals surface area contributed by atoms with Gasteiger partial charge >= 0.3 is 0 Å². The summed E-state index contributed by atoms with van der Waals surface area (Å²) in [5, 5.41) is 17.5. The summed E-state index contributed by atoms with van der Waals surface area (Å²) < 4.78 is 5.40. The average Bonchev–Trinajstić information content (AvgIpc) is 2.57. The fraction of sp³-hybridized carbons (Fsp3) is 0.294. The van der Waals surface area contributed by atoms with E-state index in [1.807, 2.05) is 31.2 Å². The number of benzene rings is 2. The van der Waals surface area contributed by atoms with Gasteiger partial charge in [0, 0.05) is 31.8 Å². The molecular formula is C17H20ClN3O3. The van der Waals surface area contributed by atoms with Gasteiger partial charge in [-0.25, -0.2) is 0 Å². The number of nitro benzene ring substituents is 1. The van der Waals surface area contributed by atoms with Crippen molar-refractivity contribution in [2.24, 2.45) is 0 Å². The van der Waals surface area contributed by atoms with Crippen molar-refractivity contribution in [2.45, 2.75) is 13.5 Å². The SMILES string of the molecule is CCOc1ccc(CNCCNc2ccc([N+](=O)[O-])cc2Cl)cc1. The number of nitrogens with zero attached hydrogens (tertiary/aromatic N) is 1. The van der Waals surface area contributed by atoms with Gasteiger partial charge in [0.1, 0.15) is 5.75 Å². The van der Waals surface area contributed by atoms with Gasteiger partial charge in [-0.1, -0.05) is 23.7 Å². The molecule has 7 heteroatoms. The van der Waals surface area contributed by atoms with E-state index >= 15 is 0 Å². The van der Waals surface area contributed by atoms with Crippen LogP contribution in [0.3, 0.4) is 0 Å². The maximum Gasteiger partial charge on any atom is 0.271 e. The highest BCUT2D eigenvalue weighted by atomic mass is 35.5. The molecule has 6 nitrogen and oxygen atoms in total. The second-order valence-electron chi connectivity index (χ2n) is 5.10. The van der Waals surface area contributed by atoms with E-state index in [9.17, 15) is 10.1 Å². The predicted molar refractivity (Wildman–Crippen MR) is 95.9 cm³/mol. The number of halogens is 1. The van der Waals surface area contributed by atoms with E-state index in [0.29, 0.717) is 23.9 Å². The number of ether oxygens (including phenoxy) is 1. The maximum absolute atomic E-state index is 10.7. The van der Waals surface area contributed by atoms with Crippen molar-refractivity contribution >= 4 is 23.0 Å². The largest absolute Gasteiger partial charge is 0.494 e. The van der Waals surface area contributed by atoms with Crippen molar-refractivity contribution in [3.63, 3.8) is 0 Å². The second-order valence-corrected chi connectivity index (χ2v) is 5.51. The van der Waals surface area contributed by atoms with Crippen molar-refractivity contribution < 1.29 is 9.66 Å². The van der Waals surface area contributed by atoms with Crippen molar-refractivity contribution in [1.82, 2.24) is 5.32 Å². The van der Waals surface area contributed by atoms with Crippen LogP contribution in [0.25, 0.3) is 0 Å². The van der Waals surface area contributed by atoms with E-state index in [2.05, 4.69) is 10.6 Å². The summed E-state index contributed by atoms with van der Waals surface area (Å²) in [5.41, 5.74) is 1.84. The molecule has 24 heavy (non-hydrogen) atoms. The highest BCUT2D eigenvalue weighted by molar-refractivity contribution is 6.33. The first-order chi connectivity index (χ1) is 11.6. The Kier molecular flexibility index (Phi) is 6.84. The molecule has 0 aliphatic heterocycles. The van der Waals surface area contributed by atoms with Crippen molar-refractivity contribution in [1.29, 1.82) is 0 Å². The van der Waals surface area contributed by atoms with Crippen LogP contribution in [0.2, 0.25) is 5.02 Å². The van der Waals surface area contributed by atoms with Gasteiger partial charge in [0.15, 0.2) is 0 Å². The second kappa shape index (κ2) is 9.10. The molecular weight excluding hydrogens is 330 g/mol. The molecule has 0 aromatic heterocycles. The Balaban J connectivity index is 1.72. The number of hydrogen-bond donors (Lipinski definition) is 2. The van der Waals surface area contributed by atoms with Gasteiger partial charge in [-0.3, -0.25) is 10.1 Å². The Labute approximate surface area is 145 Å². The lowest BCUT2D eigenvalue weighted by Gasteiger charge is -2.10. The Hall–Kier alpha value is -2.31. The zero-order valence-electron chi connectivity index (χ0n) is 13.4. The number of nitro groups is 1. The Morgan fingerprint density at radius 2 is 1.92 bits per heavy atom. The number of hydrogen-bond acceptors (Lipinski definition) is 5. The summed E-state index contributed by atoms with van der Waals surface area (Å²) in [4.78, 5) is 10.2. The van der Waals surface area contributed by atoms with Crippen LogP contribution in [0.4, 0.5) is 11.4 Å². The van der Waals surface area contributed by atoms with E-state index in [1.165, 1.54) is 17.7 Å². The summed E-state index contributed by atoms with van der Waals surface area (Å²) in [6.45, 7) is 4.77. The maximum atomic E-state index is 10.7. The third-order valence-corrected chi connectivity index (χ3v) is 3.66. The Bertz CT molecular complexity index is 677. The molecule has 0 amide bonds. The highest BCUT2D eigenvalue weighted by Gasteiger charge is 2.08. The number of anilines is 1. The van der Waals surface area contributed by atoms with Gasteiger partial charge in [-0.05, 0) is 30.7 Å². The smallest absolute Gasteiger partial charge is 0.271 e. The summed E-state index contributed by atoms with van der Waals surface area (Å²) >= 11 is 6.02. The molecule has 0 heterocycles. The van der Waals surface area contributed by atoms with Gasteiger partial charge in [0.05, 0.1) is 22.2 Å². The van der Waals surface area contributed by atoms with E-state index in [0.717, 1.165) is 18.8 Å². The normalized spacial score (nSPS) is 10.4. The van der Waals surface area contributed by atoms with E-state index in [-0.39, 0.29) is 5.69 Å². The molecule has 2 N–H and O–H groups in total. The quantitative estimate of drug-likeness (QED) is 0.408. The van der Waals surface area contributed by atoms with Crippen LogP contribution < -0.4 is 15.4 Å². The molecule has 2 rings (SSSR count). The van der Waals surface area contributed by atoms with Crippen molar-refractivity contribution in [2.75, 3.05) is 25.0 Å². The molecule has 0 aliphatic carbocycles. The van der Waals surface area contributed by atoms with Gasteiger partial charge in [0.25, 0.3) is 5.69 Å². The summed E-state index contributed by atoms with van der Waals surface area (Å²) in [5.74, 6) is 0.871. The Morgan fingerprint density at radius 1 is 1.17 bits per heavy atom. The van der Waals surface area contributed by atoms with Crippen LogP contribution in [-0.4, -0.2) is 24.6 Å². The molecule has 0 saturated carbocycles. The molecule has 2 aromatic rings. The molecule has 0 fully saturated rings. The molecule has 0 aliphatic rings.